The van der Waals surface area contributed by atoms with E-state index in [1.807, 2.05) is 6.92 Å². The number of phenolic OH excluding ortho intramolecular Hbond substituents is 1. The first kappa shape index (κ1) is 13.3. The standard InChI is InChI=1S/C17H18F2O/c1-9(2)13-6-10-4-3-5-12(10)16(13)11-7-14(18)17(20)15(19)8-11/h6-8,10,12,16,20H,1,3-5H2,2H3. The maximum Gasteiger partial charge on any atom is 0.187 e. The summed E-state index contributed by atoms with van der Waals surface area (Å²) in [5, 5.41) is 9.25. The van der Waals surface area contributed by atoms with Gasteiger partial charge in [-0.2, -0.15) is 0 Å². The van der Waals surface area contributed by atoms with Gasteiger partial charge in [0.2, 0.25) is 0 Å². The van der Waals surface area contributed by atoms with E-state index in [4.69, 9.17) is 0 Å². The Morgan fingerprint density at radius 1 is 1.25 bits per heavy atom. The molecule has 0 spiro atoms. The van der Waals surface area contributed by atoms with Crippen LogP contribution in [0.5, 0.6) is 5.75 Å². The van der Waals surface area contributed by atoms with Gasteiger partial charge in [-0.15, -0.1) is 0 Å². The second kappa shape index (κ2) is 4.72. The summed E-state index contributed by atoms with van der Waals surface area (Å²) in [6.07, 6.45) is 5.61. The Bertz CT molecular complexity index is 580. The molecule has 0 heterocycles. The molecule has 2 aliphatic carbocycles. The number of phenols is 1. The van der Waals surface area contributed by atoms with Crippen LogP contribution in [0.2, 0.25) is 0 Å². The molecule has 1 aromatic carbocycles. The van der Waals surface area contributed by atoms with Crippen molar-refractivity contribution in [2.75, 3.05) is 0 Å². The fourth-order valence-electron chi connectivity index (χ4n) is 3.80. The van der Waals surface area contributed by atoms with Crippen LogP contribution in [-0.2, 0) is 0 Å². The van der Waals surface area contributed by atoms with Gasteiger partial charge in [0, 0.05) is 5.92 Å². The van der Waals surface area contributed by atoms with Crippen molar-refractivity contribution in [2.24, 2.45) is 11.8 Å². The molecule has 3 heteroatoms. The highest BCUT2D eigenvalue weighted by Gasteiger charge is 2.41. The molecule has 0 aliphatic heterocycles. The van der Waals surface area contributed by atoms with E-state index in [2.05, 4.69) is 12.7 Å². The highest BCUT2D eigenvalue weighted by atomic mass is 19.1. The number of halogens is 2. The second-order valence-electron chi connectivity index (χ2n) is 5.97. The molecule has 0 saturated heterocycles. The fraction of sp³-hybridized carbons (Fsp3) is 0.412. The number of hydrogen-bond acceptors (Lipinski definition) is 1. The molecule has 106 valence electrons. The van der Waals surface area contributed by atoms with Gasteiger partial charge in [-0.3, -0.25) is 0 Å². The summed E-state index contributed by atoms with van der Waals surface area (Å²) < 4.78 is 27.3. The predicted octanol–water partition coefficient (Wildman–Crippen LogP) is 4.69. The quantitative estimate of drug-likeness (QED) is 0.831. The number of aromatic hydroxyl groups is 1. The topological polar surface area (TPSA) is 20.2 Å². The molecule has 2 aliphatic rings. The van der Waals surface area contributed by atoms with Gasteiger partial charge in [-0.05, 0) is 54.9 Å². The Kier molecular flexibility index (Phi) is 3.15. The van der Waals surface area contributed by atoms with Gasteiger partial charge >= 0.3 is 0 Å². The van der Waals surface area contributed by atoms with Gasteiger partial charge in [0.05, 0.1) is 0 Å². The molecule has 1 nitrogen and oxygen atoms in total. The van der Waals surface area contributed by atoms with Gasteiger partial charge < -0.3 is 5.11 Å². The molecule has 1 fully saturated rings. The van der Waals surface area contributed by atoms with Gasteiger partial charge in [0.15, 0.2) is 17.4 Å². The Morgan fingerprint density at radius 2 is 1.90 bits per heavy atom. The summed E-state index contributed by atoms with van der Waals surface area (Å²) in [5.74, 6) is -1.76. The van der Waals surface area contributed by atoms with E-state index in [1.54, 1.807) is 0 Å². The predicted molar refractivity (Wildman–Crippen MR) is 74.5 cm³/mol. The first-order valence-corrected chi connectivity index (χ1v) is 7.04. The van der Waals surface area contributed by atoms with Gasteiger partial charge in [-0.25, -0.2) is 8.78 Å². The van der Waals surface area contributed by atoms with Crippen LogP contribution in [0.4, 0.5) is 8.78 Å². The Hall–Kier alpha value is -1.64. The van der Waals surface area contributed by atoms with Gasteiger partial charge in [0.1, 0.15) is 0 Å². The Morgan fingerprint density at radius 3 is 2.50 bits per heavy atom. The zero-order chi connectivity index (χ0) is 14.4. The molecule has 3 unspecified atom stereocenters. The third kappa shape index (κ3) is 1.96. The van der Waals surface area contributed by atoms with Crippen LogP contribution in [0.1, 0.15) is 37.7 Å². The van der Waals surface area contributed by atoms with Crippen LogP contribution in [-0.4, -0.2) is 5.11 Å². The summed E-state index contributed by atoms with van der Waals surface area (Å²) in [6.45, 7) is 5.93. The average molecular weight is 276 g/mol. The summed E-state index contributed by atoms with van der Waals surface area (Å²) >= 11 is 0. The number of benzene rings is 1. The fourth-order valence-corrected chi connectivity index (χ4v) is 3.80. The lowest BCUT2D eigenvalue weighted by molar-refractivity contribution is 0.391. The Labute approximate surface area is 117 Å². The lowest BCUT2D eigenvalue weighted by atomic mass is 9.81. The smallest absolute Gasteiger partial charge is 0.187 e. The second-order valence-corrected chi connectivity index (χ2v) is 5.97. The van der Waals surface area contributed by atoms with Crippen molar-refractivity contribution in [3.8, 4) is 5.75 Å². The monoisotopic (exact) mass is 276 g/mol. The van der Waals surface area contributed by atoms with Crippen LogP contribution in [0.15, 0.2) is 35.9 Å². The van der Waals surface area contributed by atoms with Crippen LogP contribution in [0.25, 0.3) is 0 Å². The lowest BCUT2D eigenvalue weighted by Crippen LogP contribution is -2.12. The molecular weight excluding hydrogens is 258 g/mol. The number of fused-ring (bicyclic) bond motifs is 1. The van der Waals surface area contributed by atoms with E-state index in [-0.39, 0.29) is 5.92 Å². The molecule has 1 saturated carbocycles. The van der Waals surface area contributed by atoms with Crippen LogP contribution in [0, 0.1) is 23.5 Å². The van der Waals surface area contributed by atoms with Crippen molar-refractivity contribution in [1.82, 2.24) is 0 Å². The molecular formula is C17H18F2O. The molecule has 0 bridgehead atoms. The normalized spacial score (nSPS) is 28.4. The minimum Gasteiger partial charge on any atom is -0.503 e. The summed E-state index contributed by atoms with van der Waals surface area (Å²) in [4.78, 5) is 0. The van der Waals surface area contributed by atoms with E-state index in [0.717, 1.165) is 30.4 Å². The van der Waals surface area contributed by atoms with Crippen LogP contribution >= 0.6 is 0 Å². The van der Waals surface area contributed by atoms with Crippen LogP contribution < -0.4 is 0 Å². The first-order chi connectivity index (χ1) is 9.49. The average Bonchev–Trinajstić information content (AvgIpc) is 2.94. The van der Waals surface area contributed by atoms with E-state index >= 15 is 0 Å². The highest BCUT2D eigenvalue weighted by molar-refractivity contribution is 5.46. The maximum absolute atomic E-state index is 13.6. The van der Waals surface area contributed by atoms with Gasteiger partial charge in [0.25, 0.3) is 0 Å². The minimum atomic E-state index is -0.893. The number of allylic oxidation sites excluding steroid dienone is 3. The Balaban J connectivity index is 2.07. The van der Waals surface area contributed by atoms with E-state index in [1.165, 1.54) is 12.1 Å². The third-order valence-electron chi connectivity index (χ3n) is 4.67. The molecule has 3 rings (SSSR count). The van der Waals surface area contributed by atoms with Crippen molar-refractivity contribution < 1.29 is 13.9 Å². The maximum atomic E-state index is 13.6. The zero-order valence-electron chi connectivity index (χ0n) is 11.5. The molecule has 0 aromatic heterocycles. The molecule has 1 N–H and O–H groups in total. The van der Waals surface area contributed by atoms with Crippen molar-refractivity contribution in [2.45, 2.75) is 32.1 Å². The SMILES string of the molecule is C=C(C)C1=CC2CCCC2C1c1cc(F)c(O)c(F)c1. The first-order valence-electron chi connectivity index (χ1n) is 7.04. The highest BCUT2D eigenvalue weighted by Crippen LogP contribution is 2.53. The van der Waals surface area contributed by atoms with E-state index in [0.29, 0.717) is 17.4 Å². The molecule has 0 amide bonds. The molecule has 1 aromatic rings. The van der Waals surface area contributed by atoms with E-state index < -0.39 is 17.4 Å². The van der Waals surface area contributed by atoms with E-state index in [9.17, 15) is 13.9 Å². The van der Waals surface area contributed by atoms with Crippen molar-refractivity contribution in [3.63, 3.8) is 0 Å². The van der Waals surface area contributed by atoms with Gasteiger partial charge in [-0.1, -0.05) is 24.6 Å². The summed E-state index contributed by atoms with van der Waals surface area (Å²) in [5.41, 5.74) is 2.67. The van der Waals surface area contributed by atoms with Crippen molar-refractivity contribution >= 4 is 0 Å². The molecule has 3 atom stereocenters. The minimum absolute atomic E-state index is 0.00426. The van der Waals surface area contributed by atoms with Crippen LogP contribution in [0.3, 0.4) is 0 Å². The number of hydrogen-bond donors (Lipinski definition) is 1. The molecule has 0 radical (unpaired) electrons. The lowest BCUT2D eigenvalue weighted by Gasteiger charge is -2.23. The number of rotatable bonds is 2. The van der Waals surface area contributed by atoms with Crippen molar-refractivity contribution in [3.05, 3.63) is 53.1 Å². The third-order valence-corrected chi connectivity index (χ3v) is 4.67. The largest absolute Gasteiger partial charge is 0.503 e. The molecule has 20 heavy (non-hydrogen) atoms. The summed E-state index contributed by atoms with van der Waals surface area (Å²) in [7, 11) is 0. The van der Waals surface area contributed by atoms with Crippen molar-refractivity contribution in [1.29, 1.82) is 0 Å². The zero-order valence-corrected chi connectivity index (χ0v) is 11.5. The summed E-state index contributed by atoms with van der Waals surface area (Å²) in [6, 6.07) is 2.53.